The van der Waals surface area contributed by atoms with E-state index in [9.17, 15) is 18.1 Å². The second kappa shape index (κ2) is 6.46. The van der Waals surface area contributed by atoms with Crippen LogP contribution in [-0.2, 0) is 10.1 Å². The zero-order valence-electron chi connectivity index (χ0n) is 13.9. The van der Waals surface area contributed by atoms with Crippen LogP contribution in [0.1, 0.15) is 0 Å². The zero-order valence-corrected chi connectivity index (χ0v) is 14.8. The van der Waals surface area contributed by atoms with Gasteiger partial charge in [-0.15, -0.1) is 10.2 Å². The van der Waals surface area contributed by atoms with Crippen LogP contribution in [0.25, 0.3) is 33.2 Å². The summed E-state index contributed by atoms with van der Waals surface area (Å²) in [5.41, 5.74) is 3.21. The quantitative estimate of drug-likeness (QED) is 0.524. The smallest absolute Gasteiger partial charge is 0.314 e. The molecule has 0 radical (unpaired) electrons. The van der Waals surface area contributed by atoms with Crippen molar-refractivity contribution >= 4 is 20.9 Å². The molecule has 0 unspecified atom stereocenters. The van der Waals surface area contributed by atoms with Gasteiger partial charge in [-0.2, -0.15) is 8.42 Å². The minimum absolute atomic E-state index is 0.205. The summed E-state index contributed by atoms with van der Waals surface area (Å²) in [5.74, 6) is 0.205. The molecule has 4 rings (SSSR count). The Labute approximate surface area is 155 Å². The molecule has 0 aliphatic rings. The number of phenols is 1. The van der Waals surface area contributed by atoms with Gasteiger partial charge in [0.25, 0.3) is 0 Å². The number of aromatic nitrogens is 2. The highest BCUT2D eigenvalue weighted by atomic mass is 32.2. The van der Waals surface area contributed by atoms with Gasteiger partial charge in [-0.25, -0.2) is 0 Å². The van der Waals surface area contributed by atoms with E-state index >= 15 is 0 Å². The molecule has 2 N–H and O–H groups in total. The third-order valence-electron chi connectivity index (χ3n) is 4.26. The van der Waals surface area contributed by atoms with Crippen molar-refractivity contribution in [1.82, 2.24) is 10.2 Å². The van der Waals surface area contributed by atoms with Gasteiger partial charge < -0.3 is 5.11 Å². The van der Waals surface area contributed by atoms with Crippen LogP contribution in [-0.4, -0.2) is 28.3 Å². The Hall–Kier alpha value is -3.29. The summed E-state index contributed by atoms with van der Waals surface area (Å²) >= 11 is 0. The molecule has 6 nitrogen and oxygen atoms in total. The molecule has 0 fully saturated rings. The maximum absolute atomic E-state index is 11.6. The number of aromatic hydroxyl groups is 1. The molecule has 0 saturated heterocycles. The number of nitrogens with zero attached hydrogens (tertiary/aromatic N) is 2. The summed E-state index contributed by atoms with van der Waals surface area (Å²) in [6, 6.07) is 21.2. The van der Waals surface area contributed by atoms with E-state index in [-0.39, 0.29) is 5.75 Å². The molecule has 7 heteroatoms. The molecule has 3 aromatic carbocycles. The minimum Gasteiger partial charge on any atom is -0.508 e. The van der Waals surface area contributed by atoms with E-state index in [0.717, 1.165) is 16.7 Å². The van der Waals surface area contributed by atoms with Gasteiger partial charge in [0, 0.05) is 16.3 Å². The predicted molar refractivity (Wildman–Crippen MR) is 102 cm³/mol. The van der Waals surface area contributed by atoms with Gasteiger partial charge >= 0.3 is 10.1 Å². The largest absolute Gasteiger partial charge is 0.508 e. The van der Waals surface area contributed by atoms with E-state index in [1.165, 1.54) is 0 Å². The van der Waals surface area contributed by atoms with Crippen LogP contribution < -0.4 is 0 Å². The van der Waals surface area contributed by atoms with Crippen molar-refractivity contribution in [3.63, 3.8) is 0 Å². The van der Waals surface area contributed by atoms with Crippen LogP contribution in [0.2, 0.25) is 0 Å². The Balaban J connectivity index is 1.82. The minimum atomic E-state index is -4.47. The van der Waals surface area contributed by atoms with Crippen molar-refractivity contribution in [2.45, 2.75) is 5.03 Å². The lowest BCUT2D eigenvalue weighted by molar-refractivity contribution is 0.475. The first-order chi connectivity index (χ1) is 12.9. The third kappa shape index (κ3) is 3.25. The van der Waals surface area contributed by atoms with Gasteiger partial charge in [-0.1, -0.05) is 60.7 Å². The fourth-order valence-electron chi connectivity index (χ4n) is 2.96. The van der Waals surface area contributed by atoms with E-state index in [0.29, 0.717) is 16.5 Å². The Morgan fingerprint density at radius 1 is 0.667 bits per heavy atom. The van der Waals surface area contributed by atoms with E-state index in [4.69, 9.17) is 0 Å². The highest BCUT2D eigenvalue weighted by Crippen LogP contribution is 2.31. The van der Waals surface area contributed by atoms with Crippen LogP contribution in [0.15, 0.2) is 77.8 Å². The molecule has 134 valence electrons. The highest BCUT2D eigenvalue weighted by molar-refractivity contribution is 7.86. The second-order valence-corrected chi connectivity index (χ2v) is 7.34. The lowest BCUT2D eigenvalue weighted by atomic mass is 10.0. The Morgan fingerprint density at radius 3 is 1.78 bits per heavy atom. The van der Waals surface area contributed by atoms with E-state index < -0.39 is 15.1 Å². The lowest BCUT2D eigenvalue weighted by Gasteiger charge is -2.09. The molecule has 27 heavy (non-hydrogen) atoms. The van der Waals surface area contributed by atoms with E-state index in [1.54, 1.807) is 36.4 Å². The average molecular weight is 378 g/mol. The number of phenolic OH excluding ortho intramolecular Hbond substituents is 1. The van der Waals surface area contributed by atoms with Gasteiger partial charge in [0.1, 0.15) is 11.4 Å². The molecule has 0 bridgehead atoms. The molecular formula is C20H14N2O4S. The average Bonchev–Trinajstić information content (AvgIpc) is 2.67. The van der Waals surface area contributed by atoms with Crippen molar-refractivity contribution in [2.24, 2.45) is 0 Å². The van der Waals surface area contributed by atoms with Gasteiger partial charge in [0.2, 0.25) is 5.03 Å². The molecule has 4 aromatic rings. The fourth-order valence-corrected chi connectivity index (χ4v) is 3.56. The van der Waals surface area contributed by atoms with Gasteiger partial charge in [0.05, 0.1) is 0 Å². The second-order valence-electron chi connectivity index (χ2n) is 6.00. The standard InChI is InChI=1S/C20H14N2O4S/c23-16-11-9-14(10-12-16)13-5-7-15(8-6-13)19-17-3-1-2-4-18(17)20(22-21-19)27(24,25)26/h1-12,23H,(H,24,25,26). The number of hydrogen-bond donors (Lipinski definition) is 2. The summed E-state index contributed by atoms with van der Waals surface area (Å²) in [6.45, 7) is 0. The first kappa shape index (κ1) is 17.1. The predicted octanol–water partition coefficient (Wildman–Crippen LogP) is 3.92. The molecule has 0 amide bonds. The van der Waals surface area contributed by atoms with Crippen molar-refractivity contribution in [2.75, 3.05) is 0 Å². The van der Waals surface area contributed by atoms with Gasteiger partial charge in [0.15, 0.2) is 0 Å². The van der Waals surface area contributed by atoms with Gasteiger partial charge in [-0.05, 0) is 23.3 Å². The van der Waals surface area contributed by atoms with Crippen LogP contribution in [0.3, 0.4) is 0 Å². The number of hydrogen-bond acceptors (Lipinski definition) is 5. The fraction of sp³-hybridized carbons (Fsp3) is 0. The van der Waals surface area contributed by atoms with Gasteiger partial charge in [-0.3, -0.25) is 4.55 Å². The summed E-state index contributed by atoms with van der Waals surface area (Å²) in [6.07, 6.45) is 0. The Morgan fingerprint density at radius 2 is 1.19 bits per heavy atom. The summed E-state index contributed by atoms with van der Waals surface area (Å²) in [4.78, 5) is 0. The van der Waals surface area contributed by atoms with Crippen LogP contribution in [0.5, 0.6) is 5.75 Å². The maximum atomic E-state index is 11.6. The summed E-state index contributed by atoms with van der Waals surface area (Å²) in [7, 11) is -4.47. The van der Waals surface area contributed by atoms with Crippen molar-refractivity contribution in [3.8, 4) is 28.1 Å². The first-order valence-electron chi connectivity index (χ1n) is 8.06. The molecule has 0 saturated carbocycles. The van der Waals surface area contributed by atoms with Crippen LogP contribution in [0, 0.1) is 0 Å². The molecule has 0 aliphatic carbocycles. The molecular weight excluding hydrogens is 364 g/mol. The summed E-state index contributed by atoms with van der Waals surface area (Å²) in [5, 5.41) is 17.6. The zero-order chi connectivity index (χ0) is 19.0. The Bertz CT molecular complexity index is 1240. The van der Waals surface area contributed by atoms with Crippen molar-refractivity contribution < 1.29 is 18.1 Å². The van der Waals surface area contributed by atoms with Crippen LogP contribution >= 0.6 is 0 Å². The highest BCUT2D eigenvalue weighted by Gasteiger charge is 2.19. The first-order valence-corrected chi connectivity index (χ1v) is 9.50. The van der Waals surface area contributed by atoms with Crippen LogP contribution in [0.4, 0.5) is 0 Å². The Kier molecular flexibility index (Phi) is 4.10. The third-order valence-corrected chi connectivity index (χ3v) is 5.05. The number of rotatable bonds is 3. The monoisotopic (exact) mass is 378 g/mol. The topological polar surface area (TPSA) is 100 Å². The summed E-state index contributed by atoms with van der Waals surface area (Å²) < 4.78 is 32.5. The normalized spacial score (nSPS) is 11.6. The van der Waals surface area contributed by atoms with Crippen molar-refractivity contribution in [1.29, 1.82) is 0 Å². The molecule has 0 atom stereocenters. The number of benzene rings is 3. The molecule has 1 aromatic heterocycles. The molecule has 0 spiro atoms. The van der Waals surface area contributed by atoms with E-state index in [1.807, 2.05) is 36.4 Å². The van der Waals surface area contributed by atoms with E-state index in [2.05, 4.69) is 10.2 Å². The molecule has 0 aliphatic heterocycles. The molecule has 1 heterocycles. The lowest BCUT2D eigenvalue weighted by Crippen LogP contribution is -2.05. The number of fused-ring (bicyclic) bond motifs is 1. The maximum Gasteiger partial charge on any atom is 0.314 e. The van der Waals surface area contributed by atoms with Crippen molar-refractivity contribution in [3.05, 3.63) is 72.8 Å². The SMILES string of the molecule is O=S(=O)(O)c1nnc(-c2ccc(-c3ccc(O)cc3)cc2)c2ccccc12.